The Hall–Kier alpha value is -3.79. The minimum atomic E-state index is -0.491. The number of hydrogen-bond donors (Lipinski definition) is 1. The van der Waals surface area contributed by atoms with Crippen LogP contribution in [0, 0.1) is 18.3 Å². The van der Waals surface area contributed by atoms with Crippen LogP contribution in [-0.4, -0.2) is 23.3 Å². The van der Waals surface area contributed by atoms with Crippen molar-refractivity contribution in [1.29, 1.82) is 5.26 Å². The molecular weight excluding hydrogens is 490 g/mol. The van der Waals surface area contributed by atoms with E-state index in [0.29, 0.717) is 21.3 Å². The summed E-state index contributed by atoms with van der Waals surface area (Å²) >= 11 is 7.36. The second-order valence-electron chi connectivity index (χ2n) is 8.20. The molecule has 7 heteroatoms. The molecule has 180 valence electrons. The number of nitrogens with zero attached hydrogens (tertiary/aromatic N) is 2. The van der Waals surface area contributed by atoms with E-state index in [1.165, 1.54) is 11.8 Å². The number of pyridine rings is 1. The third kappa shape index (κ3) is 5.88. The third-order valence-corrected chi connectivity index (χ3v) is 6.95. The molecule has 0 aliphatic heterocycles. The molecule has 5 nitrogen and oxygen atoms in total. The standard InChI is InChI=1S/C29H24ClN3O2S/c1-18-4-12-23(13-5-18)32-28(34)19(2)36-29-26(17-31)25(20-6-10-22(30)11-7-20)16-27(33-29)21-8-14-24(35-3)15-9-21/h4-16,19H,1-3H3,(H,32,34)/t19-/m0/s1. The molecule has 0 saturated heterocycles. The van der Waals surface area contributed by atoms with E-state index in [9.17, 15) is 10.1 Å². The van der Waals surface area contributed by atoms with E-state index >= 15 is 0 Å². The van der Waals surface area contributed by atoms with Gasteiger partial charge in [0.15, 0.2) is 0 Å². The van der Waals surface area contributed by atoms with Crippen LogP contribution in [0.25, 0.3) is 22.4 Å². The minimum Gasteiger partial charge on any atom is -0.497 e. The smallest absolute Gasteiger partial charge is 0.237 e. The molecule has 0 saturated carbocycles. The van der Waals surface area contributed by atoms with Crippen LogP contribution in [-0.2, 0) is 4.79 Å². The largest absolute Gasteiger partial charge is 0.497 e. The van der Waals surface area contributed by atoms with Crippen molar-refractivity contribution >= 4 is 35.0 Å². The zero-order chi connectivity index (χ0) is 25.7. The summed E-state index contributed by atoms with van der Waals surface area (Å²) in [5, 5.41) is 13.7. The number of thioether (sulfide) groups is 1. The molecule has 0 aliphatic rings. The topological polar surface area (TPSA) is 75.0 Å². The molecule has 0 radical (unpaired) electrons. The summed E-state index contributed by atoms with van der Waals surface area (Å²) in [5.41, 5.74) is 5.37. The highest BCUT2D eigenvalue weighted by Gasteiger charge is 2.21. The van der Waals surface area contributed by atoms with E-state index in [4.69, 9.17) is 21.3 Å². The molecule has 1 heterocycles. The lowest BCUT2D eigenvalue weighted by Gasteiger charge is -2.16. The van der Waals surface area contributed by atoms with Crippen LogP contribution in [0.5, 0.6) is 5.75 Å². The maximum atomic E-state index is 12.9. The molecule has 1 N–H and O–H groups in total. The Labute approximate surface area is 220 Å². The van der Waals surface area contributed by atoms with Gasteiger partial charge in [0.05, 0.1) is 23.6 Å². The number of ether oxygens (including phenoxy) is 1. The Bertz CT molecular complexity index is 1410. The Morgan fingerprint density at radius 3 is 2.28 bits per heavy atom. The van der Waals surface area contributed by atoms with E-state index in [1.54, 1.807) is 26.2 Å². The Kier molecular flexibility index (Phi) is 7.94. The lowest BCUT2D eigenvalue weighted by atomic mass is 9.99. The first-order valence-corrected chi connectivity index (χ1v) is 12.5. The van der Waals surface area contributed by atoms with Crippen LogP contribution < -0.4 is 10.1 Å². The fourth-order valence-electron chi connectivity index (χ4n) is 3.58. The van der Waals surface area contributed by atoms with Gasteiger partial charge in [0, 0.05) is 21.8 Å². The maximum absolute atomic E-state index is 12.9. The monoisotopic (exact) mass is 513 g/mol. The molecule has 4 rings (SSSR count). The van der Waals surface area contributed by atoms with Crippen LogP contribution in [0.2, 0.25) is 5.02 Å². The summed E-state index contributed by atoms with van der Waals surface area (Å²) in [6.45, 7) is 3.80. The normalized spacial score (nSPS) is 11.4. The number of carbonyl (C=O) groups excluding carboxylic acids is 1. The second kappa shape index (κ2) is 11.3. The lowest BCUT2D eigenvalue weighted by molar-refractivity contribution is -0.115. The van der Waals surface area contributed by atoms with Gasteiger partial charge in [-0.05, 0) is 74.0 Å². The number of aryl methyl sites for hydroxylation is 1. The van der Waals surface area contributed by atoms with Gasteiger partial charge in [0.2, 0.25) is 5.91 Å². The number of aromatic nitrogens is 1. The zero-order valence-electron chi connectivity index (χ0n) is 20.1. The van der Waals surface area contributed by atoms with E-state index in [1.807, 2.05) is 73.7 Å². The van der Waals surface area contributed by atoms with Crippen LogP contribution in [0.1, 0.15) is 18.1 Å². The molecular formula is C29H24ClN3O2S. The van der Waals surface area contributed by atoms with Crippen molar-refractivity contribution in [3.05, 3.63) is 95.0 Å². The quantitative estimate of drug-likeness (QED) is 0.261. The average molecular weight is 514 g/mol. The van der Waals surface area contributed by atoms with Crippen molar-refractivity contribution in [2.45, 2.75) is 24.1 Å². The molecule has 0 unspecified atom stereocenters. The van der Waals surface area contributed by atoms with Gasteiger partial charge >= 0.3 is 0 Å². The summed E-state index contributed by atoms with van der Waals surface area (Å²) in [6.07, 6.45) is 0. The average Bonchev–Trinajstić information content (AvgIpc) is 2.90. The highest BCUT2D eigenvalue weighted by atomic mass is 35.5. The highest BCUT2D eigenvalue weighted by molar-refractivity contribution is 8.00. The number of hydrogen-bond acceptors (Lipinski definition) is 5. The van der Waals surface area contributed by atoms with Crippen LogP contribution in [0.4, 0.5) is 5.69 Å². The molecule has 1 amide bonds. The third-order valence-electron chi connectivity index (χ3n) is 5.62. The fraction of sp³-hybridized carbons (Fsp3) is 0.138. The minimum absolute atomic E-state index is 0.169. The van der Waals surface area contributed by atoms with Gasteiger partial charge in [0.1, 0.15) is 16.8 Å². The van der Waals surface area contributed by atoms with Gasteiger partial charge in [-0.2, -0.15) is 5.26 Å². The number of nitriles is 1. The molecule has 0 bridgehead atoms. The molecule has 3 aromatic carbocycles. The Morgan fingerprint density at radius 1 is 1.03 bits per heavy atom. The molecule has 4 aromatic rings. The molecule has 36 heavy (non-hydrogen) atoms. The first-order valence-electron chi connectivity index (χ1n) is 11.3. The summed E-state index contributed by atoms with van der Waals surface area (Å²) in [4.78, 5) is 17.8. The van der Waals surface area contributed by atoms with Crippen molar-refractivity contribution in [3.8, 4) is 34.2 Å². The van der Waals surface area contributed by atoms with Crippen molar-refractivity contribution in [3.63, 3.8) is 0 Å². The first-order chi connectivity index (χ1) is 17.4. The first kappa shape index (κ1) is 25.3. The highest BCUT2D eigenvalue weighted by Crippen LogP contribution is 2.36. The van der Waals surface area contributed by atoms with Crippen molar-refractivity contribution in [1.82, 2.24) is 4.98 Å². The number of rotatable bonds is 7. The van der Waals surface area contributed by atoms with E-state index < -0.39 is 5.25 Å². The summed E-state index contributed by atoms with van der Waals surface area (Å²) in [6, 6.07) is 26.7. The van der Waals surface area contributed by atoms with E-state index in [-0.39, 0.29) is 5.91 Å². The van der Waals surface area contributed by atoms with Crippen molar-refractivity contribution in [2.24, 2.45) is 0 Å². The van der Waals surface area contributed by atoms with Crippen molar-refractivity contribution in [2.75, 3.05) is 12.4 Å². The predicted molar refractivity (Wildman–Crippen MR) is 147 cm³/mol. The summed E-state index contributed by atoms with van der Waals surface area (Å²) in [5.74, 6) is 0.568. The molecule has 1 aromatic heterocycles. The van der Waals surface area contributed by atoms with Crippen molar-refractivity contribution < 1.29 is 9.53 Å². The second-order valence-corrected chi connectivity index (χ2v) is 9.96. The number of halogens is 1. The van der Waals surface area contributed by atoms with Crippen LogP contribution in [0.15, 0.2) is 83.9 Å². The lowest BCUT2D eigenvalue weighted by Crippen LogP contribution is -2.22. The number of carbonyl (C=O) groups is 1. The number of nitrogens with one attached hydrogen (secondary N) is 1. The molecule has 0 spiro atoms. The van der Waals surface area contributed by atoms with Gasteiger partial charge < -0.3 is 10.1 Å². The number of anilines is 1. The molecule has 0 fully saturated rings. The maximum Gasteiger partial charge on any atom is 0.237 e. The van der Waals surface area contributed by atoms with Gasteiger partial charge in [-0.25, -0.2) is 4.98 Å². The zero-order valence-corrected chi connectivity index (χ0v) is 21.7. The fourth-order valence-corrected chi connectivity index (χ4v) is 4.63. The SMILES string of the molecule is COc1ccc(-c2cc(-c3ccc(Cl)cc3)c(C#N)c(S[C@@H](C)C(=O)Nc3ccc(C)cc3)n2)cc1. The Balaban J connectivity index is 1.73. The van der Waals surface area contributed by atoms with E-state index in [2.05, 4.69) is 11.4 Å². The predicted octanol–water partition coefficient (Wildman–Crippen LogP) is 7.38. The summed E-state index contributed by atoms with van der Waals surface area (Å²) < 4.78 is 5.28. The van der Waals surface area contributed by atoms with Crippen LogP contribution >= 0.6 is 23.4 Å². The Morgan fingerprint density at radius 2 is 1.67 bits per heavy atom. The molecule has 0 aliphatic carbocycles. The van der Waals surface area contributed by atoms with Crippen LogP contribution in [0.3, 0.4) is 0 Å². The number of benzene rings is 3. The van der Waals surface area contributed by atoms with Gasteiger partial charge in [-0.15, -0.1) is 0 Å². The van der Waals surface area contributed by atoms with E-state index in [0.717, 1.165) is 33.7 Å². The molecule has 1 atom stereocenters. The van der Waals surface area contributed by atoms with Gasteiger partial charge in [0.25, 0.3) is 0 Å². The summed E-state index contributed by atoms with van der Waals surface area (Å²) in [7, 11) is 1.62. The van der Waals surface area contributed by atoms with Gasteiger partial charge in [-0.1, -0.05) is 53.2 Å². The van der Waals surface area contributed by atoms with Gasteiger partial charge in [-0.3, -0.25) is 4.79 Å². The number of amides is 1. The number of methoxy groups -OCH3 is 1.